The van der Waals surface area contributed by atoms with Gasteiger partial charge in [0.1, 0.15) is 5.69 Å². The molecular formula is C20H24N6O. The van der Waals surface area contributed by atoms with E-state index in [9.17, 15) is 0 Å². The molecular weight excluding hydrogens is 340 g/mol. The molecule has 2 aliphatic heterocycles. The van der Waals surface area contributed by atoms with Crippen LogP contribution in [0.5, 0.6) is 0 Å². The van der Waals surface area contributed by atoms with E-state index in [1.165, 1.54) is 11.4 Å². The highest BCUT2D eigenvalue weighted by Gasteiger charge is 2.23. The second kappa shape index (κ2) is 7.17. The van der Waals surface area contributed by atoms with Crippen LogP contribution < -0.4 is 10.2 Å². The number of nitrogens with one attached hydrogen (secondary N) is 1. The van der Waals surface area contributed by atoms with Crippen LogP contribution in [0.3, 0.4) is 0 Å². The Balaban J connectivity index is 1.33. The summed E-state index contributed by atoms with van der Waals surface area (Å²) < 4.78 is 10.3. The van der Waals surface area contributed by atoms with Gasteiger partial charge in [0, 0.05) is 44.3 Å². The molecule has 0 aliphatic carbocycles. The van der Waals surface area contributed by atoms with Crippen molar-refractivity contribution in [3.05, 3.63) is 54.5 Å². The summed E-state index contributed by atoms with van der Waals surface area (Å²) in [6, 6.07) is 12.7. The molecule has 2 aliphatic rings. The van der Waals surface area contributed by atoms with Gasteiger partial charge in [0.2, 0.25) is 0 Å². The molecule has 1 saturated heterocycles. The fourth-order valence-corrected chi connectivity index (χ4v) is 3.91. The Morgan fingerprint density at radius 3 is 3.00 bits per heavy atom. The Kier molecular flexibility index (Phi) is 4.39. The summed E-state index contributed by atoms with van der Waals surface area (Å²) in [6.45, 7) is 6.07. The molecule has 0 spiro atoms. The zero-order valence-corrected chi connectivity index (χ0v) is 15.3. The standard InChI is InChI=1S/C20H24N6O/c1-2-4-16(5-3-1)24-10-11-27-18(14-24)15-25-8-7-22-20(25)19-12-17-13-21-6-9-26(17)23-19/h1-5,7-8,12,18,21H,6,9-11,13-15H2. The number of morpholine rings is 1. The monoisotopic (exact) mass is 364 g/mol. The summed E-state index contributed by atoms with van der Waals surface area (Å²) in [7, 11) is 0. The minimum Gasteiger partial charge on any atom is -0.373 e. The summed E-state index contributed by atoms with van der Waals surface area (Å²) in [5, 5.41) is 8.14. The Morgan fingerprint density at radius 1 is 1.19 bits per heavy atom. The highest BCUT2D eigenvalue weighted by Crippen LogP contribution is 2.22. The van der Waals surface area contributed by atoms with Crippen LogP contribution in [0, 0.1) is 0 Å². The summed E-state index contributed by atoms with van der Waals surface area (Å²) in [6.07, 6.45) is 4.01. The van der Waals surface area contributed by atoms with Crippen LogP contribution in [-0.4, -0.2) is 51.7 Å². The zero-order chi connectivity index (χ0) is 18.1. The number of fused-ring (bicyclic) bond motifs is 1. The lowest BCUT2D eigenvalue weighted by Crippen LogP contribution is -2.44. The molecule has 1 aromatic carbocycles. The highest BCUT2D eigenvalue weighted by molar-refractivity contribution is 5.51. The molecule has 0 saturated carbocycles. The number of para-hydroxylation sites is 1. The Hall–Kier alpha value is -2.64. The van der Waals surface area contributed by atoms with Gasteiger partial charge in [0.25, 0.3) is 0 Å². The average molecular weight is 364 g/mol. The van der Waals surface area contributed by atoms with E-state index in [0.29, 0.717) is 0 Å². The molecule has 7 nitrogen and oxygen atoms in total. The molecule has 1 atom stereocenters. The van der Waals surface area contributed by atoms with E-state index in [-0.39, 0.29) is 6.10 Å². The number of imidazole rings is 1. The van der Waals surface area contributed by atoms with Crippen molar-refractivity contribution in [3.63, 3.8) is 0 Å². The number of ether oxygens (including phenoxy) is 1. The maximum atomic E-state index is 6.05. The van der Waals surface area contributed by atoms with Crippen LogP contribution in [-0.2, 0) is 24.4 Å². The van der Waals surface area contributed by atoms with E-state index in [1.807, 2.05) is 12.4 Å². The predicted molar refractivity (Wildman–Crippen MR) is 104 cm³/mol. The lowest BCUT2D eigenvalue weighted by atomic mass is 10.2. The number of hydrogen-bond acceptors (Lipinski definition) is 5. The van der Waals surface area contributed by atoms with E-state index in [1.54, 1.807) is 0 Å². The fourth-order valence-electron chi connectivity index (χ4n) is 3.91. The first-order chi connectivity index (χ1) is 13.4. The highest BCUT2D eigenvalue weighted by atomic mass is 16.5. The van der Waals surface area contributed by atoms with Gasteiger partial charge in [0.15, 0.2) is 5.82 Å². The van der Waals surface area contributed by atoms with Gasteiger partial charge in [-0.2, -0.15) is 5.10 Å². The zero-order valence-electron chi connectivity index (χ0n) is 15.3. The smallest absolute Gasteiger partial charge is 0.160 e. The summed E-state index contributed by atoms with van der Waals surface area (Å²) >= 11 is 0. The van der Waals surface area contributed by atoms with Crippen LogP contribution in [0.1, 0.15) is 5.69 Å². The largest absolute Gasteiger partial charge is 0.373 e. The van der Waals surface area contributed by atoms with E-state index in [2.05, 4.69) is 60.8 Å². The Labute approximate surface area is 158 Å². The molecule has 3 aromatic rings. The maximum Gasteiger partial charge on any atom is 0.160 e. The van der Waals surface area contributed by atoms with Crippen molar-refractivity contribution in [2.45, 2.75) is 25.7 Å². The second-order valence-electron chi connectivity index (χ2n) is 7.10. The van der Waals surface area contributed by atoms with Gasteiger partial charge in [-0.05, 0) is 18.2 Å². The minimum absolute atomic E-state index is 0.130. The van der Waals surface area contributed by atoms with Crippen LogP contribution >= 0.6 is 0 Å². The molecule has 1 unspecified atom stereocenters. The Morgan fingerprint density at radius 2 is 2.11 bits per heavy atom. The molecule has 140 valence electrons. The molecule has 7 heteroatoms. The summed E-state index contributed by atoms with van der Waals surface area (Å²) in [5.41, 5.74) is 3.41. The number of nitrogens with zero attached hydrogens (tertiary/aromatic N) is 5. The van der Waals surface area contributed by atoms with Crippen molar-refractivity contribution in [1.29, 1.82) is 0 Å². The van der Waals surface area contributed by atoms with Crippen molar-refractivity contribution >= 4 is 5.69 Å². The third kappa shape index (κ3) is 3.36. The first-order valence-corrected chi connectivity index (χ1v) is 9.57. The number of benzene rings is 1. The molecule has 1 fully saturated rings. The second-order valence-corrected chi connectivity index (χ2v) is 7.10. The number of rotatable bonds is 4. The normalized spacial score (nSPS) is 19.9. The maximum absolute atomic E-state index is 6.05. The van der Waals surface area contributed by atoms with Gasteiger partial charge < -0.3 is 19.5 Å². The molecule has 27 heavy (non-hydrogen) atoms. The lowest BCUT2D eigenvalue weighted by Gasteiger charge is -2.34. The first kappa shape index (κ1) is 16.5. The molecule has 0 bridgehead atoms. The van der Waals surface area contributed by atoms with Gasteiger partial charge >= 0.3 is 0 Å². The Bertz CT molecular complexity index is 879. The minimum atomic E-state index is 0.130. The summed E-state index contributed by atoms with van der Waals surface area (Å²) in [4.78, 5) is 6.96. The lowest BCUT2D eigenvalue weighted by molar-refractivity contribution is 0.0299. The summed E-state index contributed by atoms with van der Waals surface area (Å²) in [5.74, 6) is 0.914. The van der Waals surface area contributed by atoms with Crippen molar-refractivity contribution in [2.75, 3.05) is 31.1 Å². The first-order valence-electron chi connectivity index (χ1n) is 9.57. The van der Waals surface area contributed by atoms with Crippen molar-refractivity contribution in [2.24, 2.45) is 0 Å². The molecule has 0 radical (unpaired) electrons. The fraction of sp³-hybridized carbons (Fsp3) is 0.400. The molecule has 2 aromatic heterocycles. The van der Waals surface area contributed by atoms with Crippen molar-refractivity contribution in [3.8, 4) is 11.5 Å². The predicted octanol–water partition coefficient (Wildman–Crippen LogP) is 1.76. The number of hydrogen-bond donors (Lipinski definition) is 1. The number of anilines is 1. The van der Waals surface area contributed by atoms with E-state index in [0.717, 1.165) is 57.4 Å². The van der Waals surface area contributed by atoms with Gasteiger partial charge in [-0.3, -0.25) is 4.68 Å². The van der Waals surface area contributed by atoms with E-state index < -0.39 is 0 Å². The van der Waals surface area contributed by atoms with Crippen LogP contribution in [0.2, 0.25) is 0 Å². The topological polar surface area (TPSA) is 60.1 Å². The van der Waals surface area contributed by atoms with Gasteiger partial charge in [-0.1, -0.05) is 18.2 Å². The third-order valence-corrected chi connectivity index (χ3v) is 5.27. The van der Waals surface area contributed by atoms with Gasteiger partial charge in [0.05, 0.1) is 31.5 Å². The van der Waals surface area contributed by atoms with Crippen molar-refractivity contribution in [1.82, 2.24) is 24.6 Å². The average Bonchev–Trinajstić information content (AvgIpc) is 3.35. The molecule has 0 amide bonds. The van der Waals surface area contributed by atoms with Crippen molar-refractivity contribution < 1.29 is 4.74 Å². The molecule has 5 rings (SSSR count). The van der Waals surface area contributed by atoms with Crippen LogP contribution in [0.15, 0.2) is 48.8 Å². The molecule has 1 N–H and O–H groups in total. The van der Waals surface area contributed by atoms with Crippen LogP contribution in [0.25, 0.3) is 11.5 Å². The quantitative estimate of drug-likeness (QED) is 0.764. The van der Waals surface area contributed by atoms with Gasteiger partial charge in [-0.15, -0.1) is 0 Å². The molecule has 4 heterocycles. The number of aromatic nitrogens is 4. The third-order valence-electron chi connectivity index (χ3n) is 5.27. The van der Waals surface area contributed by atoms with E-state index >= 15 is 0 Å². The van der Waals surface area contributed by atoms with Crippen LogP contribution in [0.4, 0.5) is 5.69 Å². The van der Waals surface area contributed by atoms with Gasteiger partial charge in [-0.25, -0.2) is 4.98 Å². The SMILES string of the molecule is c1ccc(N2CCOC(Cn3ccnc3-c3cc4n(n3)CCNC4)C2)cc1. The van der Waals surface area contributed by atoms with E-state index in [4.69, 9.17) is 9.84 Å².